The third-order valence-corrected chi connectivity index (χ3v) is 8.49. The van der Waals surface area contributed by atoms with Gasteiger partial charge in [0.2, 0.25) is 15.9 Å². The highest BCUT2D eigenvalue weighted by Gasteiger charge is 2.23. The average Bonchev–Trinajstić information content (AvgIpc) is 2.95. The molecule has 0 saturated heterocycles. The molecule has 0 aromatic heterocycles. The molecule has 0 aliphatic heterocycles. The van der Waals surface area contributed by atoms with Gasteiger partial charge >= 0.3 is 5.97 Å². The van der Waals surface area contributed by atoms with Crippen molar-refractivity contribution in [2.24, 2.45) is 5.92 Å². The number of benzene rings is 3. The summed E-state index contributed by atoms with van der Waals surface area (Å²) in [5, 5.41) is 11.9. The number of para-hydroxylation sites is 1. The highest BCUT2D eigenvalue weighted by molar-refractivity contribution is 7.89. The van der Waals surface area contributed by atoms with E-state index in [1.165, 1.54) is 6.07 Å². The first-order chi connectivity index (χ1) is 19.7. The number of carbonyl (C=O) groups is 2. The first kappa shape index (κ1) is 30.1. The zero-order chi connectivity index (χ0) is 29.2. The second kappa shape index (κ2) is 14.1. The Morgan fingerprint density at radius 3 is 2.12 bits per heavy atom. The van der Waals surface area contributed by atoms with Crippen LogP contribution in [0.4, 0.5) is 5.69 Å². The second-order valence-electron chi connectivity index (χ2n) is 10.2. The fraction of sp³-hybridized carbons (Fsp3) is 0.355. The van der Waals surface area contributed by atoms with Crippen molar-refractivity contribution in [2.75, 3.05) is 17.6 Å². The number of hydrogen-bond acceptors (Lipinski definition) is 6. The van der Waals surface area contributed by atoms with E-state index in [4.69, 9.17) is 9.47 Å². The quantitative estimate of drug-likeness (QED) is 0.239. The molecule has 1 saturated carbocycles. The van der Waals surface area contributed by atoms with Gasteiger partial charge in [-0.25, -0.2) is 17.9 Å². The predicted octanol–water partition coefficient (Wildman–Crippen LogP) is 5.63. The van der Waals surface area contributed by atoms with E-state index in [0.717, 1.165) is 37.0 Å². The fourth-order valence-electron chi connectivity index (χ4n) is 4.79. The van der Waals surface area contributed by atoms with Crippen molar-refractivity contribution in [3.8, 4) is 17.2 Å². The van der Waals surface area contributed by atoms with Crippen LogP contribution in [-0.2, 0) is 21.2 Å². The van der Waals surface area contributed by atoms with Crippen LogP contribution in [0, 0.1) is 5.92 Å². The number of carbonyl (C=O) groups excluding carboxylic acids is 1. The summed E-state index contributed by atoms with van der Waals surface area (Å²) in [6.07, 6.45) is 4.43. The van der Waals surface area contributed by atoms with Gasteiger partial charge in [0.15, 0.2) is 0 Å². The second-order valence-corrected chi connectivity index (χ2v) is 12.1. The molecule has 218 valence electrons. The van der Waals surface area contributed by atoms with E-state index in [0.29, 0.717) is 30.4 Å². The molecule has 0 spiro atoms. The van der Waals surface area contributed by atoms with E-state index in [1.807, 2.05) is 31.2 Å². The van der Waals surface area contributed by atoms with E-state index in [9.17, 15) is 23.1 Å². The monoisotopic (exact) mass is 580 g/mol. The molecule has 1 aliphatic rings. The Morgan fingerprint density at radius 2 is 1.49 bits per heavy atom. The lowest BCUT2D eigenvalue weighted by atomic mass is 9.87. The molecule has 0 bridgehead atoms. The average molecular weight is 581 g/mol. The van der Waals surface area contributed by atoms with Crippen molar-refractivity contribution in [3.05, 3.63) is 83.9 Å². The minimum atomic E-state index is -3.17. The van der Waals surface area contributed by atoms with Crippen LogP contribution in [-0.4, -0.2) is 43.8 Å². The molecule has 3 aromatic carbocycles. The number of sulfonamides is 1. The number of ether oxygens (including phenoxy) is 2. The fourth-order valence-corrected chi connectivity index (χ4v) is 5.96. The first-order valence-electron chi connectivity index (χ1n) is 13.8. The molecule has 0 unspecified atom stereocenters. The van der Waals surface area contributed by atoms with E-state index >= 15 is 0 Å². The van der Waals surface area contributed by atoms with E-state index in [2.05, 4.69) is 10.0 Å². The Bertz CT molecular complexity index is 1420. The largest absolute Gasteiger partial charge is 0.490 e. The van der Waals surface area contributed by atoms with Crippen molar-refractivity contribution in [2.45, 2.75) is 51.6 Å². The Labute approximate surface area is 240 Å². The van der Waals surface area contributed by atoms with Gasteiger partial charge < -0.3 is 19.9 Å². The van der Waals surface area contributed by atoms with Crippen molar-refractivity contribution in [1.29, 1.82) is 0 Å². The maximum Gasteiger partial charge on any atom is 0.337 e. The lowest BCUT2D eigenvalue weighted by Gasteiger charge is -2.29. The van der Waals surface area contributed by atoms with Crippen LogP contribution in [0.1, 0.15) is 54.9 Å². The van der Waals surface area contributed by atoms with Gasteiger partial charge in [0.05, 0.1) is 29.5 Å². The van der Waals surface area contributed by atoms with Crippen LogP contribution in [0.25, 0.3) is 0 Å². The van der Waals surface area contributed by atoms with Gasteiger partial charge in [0, 0.05) is 6.54 Å². The van der Waals surface area contributed by atoms with Crippen molar-refractivity contribution >= 4 is 27.6 Å². The molecule has 0 heterocycles. The summed E-state index contributed by atoms with van der Waals surface area (Å²) in [4.78, 5) is 23.8. The number of carboxylic acids is 1. The van der Waals surface area contributed by atoms with Crippen LogP contribution < -0.4 is 19.5 Å². The van der Waals surface area contributed by atoms with E-state index in [-0.39, 0.29) is 35.4 Å². The number of carboxylic acid groups (broad SMARTS) is 1. The molecule has 1 aliphatic carbocycles. The van der Waals surface area contributed by atoms with Crippen LogP contribution in [0.2, 0.25) is 0 Å². The molecule has 10 heteroatoms. The van der Waals surface area contributed by atoms with Gasteiger partial charge in [-0.3, -0.25) is 4.79 Å². The summed E-state index contributed by atoms with van der Waals surface area (Å²) in [6.45, 7) is 2.36. The molecule has 9 nitrogen and oxygen atoms in total. The molecule has 41 heavy (non-hydrogen) atoms. The Balaban J connectivity index is 1.21. The first-order valence-corrected chi connectivity index (χ1v) is 15.5. The summed E-state index contributed by atoms with van der Waals surface area (Å²) < 4.78 is 38.6. The number of amides is 1. The lowest BCUT2D eigenvalue weighted by Crippen LogP contribution is -2.34. The Morgan fingerprint density at radius 1 is 0.878 bits per heavy atom. The van der Waals surface area contributed by atoms with Gasteiger partial charge in [-0.05, 0) is 92.1 Å². The van der Waals surface area contributed by atoms with Crippen molar-refractivity contribution in [3.63, 3.8) is 0 Å². The number of nitrogens with one attached hydrogen (secondary N) is 2. The van der Waals surface area contributed by atoms with E-state index in [1.54, 1.807) is 42.5 Å². The molecular formula is C31H36N2O7S. The molecule has 1 amide bonds. The molecular weight excluding hydrogens is 544 g/mol. The minimum Gasteiger partial charge on any atom is -0.490 e. The zero-order valence-electron chi connectivity index (χ0n) is 23.0. The highest BCUT2D eigenvalue weighted by Crippen LogP contribution is 2.29. The number of rotatable bonds is 13. The molecule has 0 atom stereocenters. The SMILES string of the molecule is CCCS(=O)(=O)NCC1CCC(Oc2ccc(Oc3ccc(CC(=O)Nc4ccccc4C(=O)O)cc3)cc2)CC1. The van der Waals surface area contributed by atoms with Crippen molar-refractivity contribution in [1.82, 2.24) is 4.72 Å². The smallest absolute Gasteiger partial charge is 0.337 e. The third kappa shape index (κ3) is 9.33. The Kier molecular flexibility index (Phi) is 10.4. The molecule has 3 N–H and O–H groups in total. The standard InChI is InChI=1S/C31H36N2O7S/c1-2-19-41(37,38)32-21-23-9-13-25(14-10-23)40-27-17-15-26(16-18-27)39-24-11-7-22(8-12-24)20-30(34)33-29-6-4-3-5-28(29)31(35)36/h3-8,11-12,15-18,23,25,32H,2,9-10,13-14,19-21H2,1H3,(H,33,34)(H,35,36). The molecule has 1 fully saturated rings. The maximum atomic E-state index is 12.4. The van der Waals surface area contributed by atoms with Gasteiger partial charge in [-0.1, -0.05) is 31.2 Å². The van der Waals surface area contributed by atoms with Crippen LogP contribution in [0.5, 0.6) is 17.2 Å². The van der Waals surface area contributed by atoms with Crippen LogP contribution >= 0.6 is 0 Å². The van der Waals surface area contributed by atoms with Gasteiger partial charge in [-0.15, -0.1) is 0 Å². The number of hydrogen-bond donors (Lipinski definition) is 3. The van der Waals surface area contributed by atoms with Crippen LogP contribution in [0.15, 0.2) is 72.8 Å². The van der Waals surface area contributed by atoms with Gasteiger partial charge in [0.25, 0.3) is 0 Å². The van der Waals surface area contributed by atoms with Gasteiger partial charge in [-0.2, -0.15) is 0 Å². The third-order valence-electron chi connectivity index (χ3n) is 6.94. The molecule has 0 radical (unpaired) electrons. The normalized spacial score (nSPS) is 17.0. The maximum absolute atomic E-state index is 12.4. The lowest BCUT2D eigenvalue weighted by molar-refractivity contribution is -0.115. The van der Waals surface area contributed by atoms with Gasteiger partial charge in [0.1, 0.15) is 17.2 Å². The summed E-state index contributed by atoms with van der Waals surface area (Å²) >= 11 is 0. The minimum absolute atomic E-state index is 0.0404. The summed E-state index contributed by atoms with van der Waals surface area (Å²) in [5.74, 6) is 1.12. The number of anilines is 1. The summed E-state index contributed by atoms with van der Waals surface area (Å²) in [6, 6.07) is 20.8. The van der Waals surface area contributed by atoms with Crippen LogP contribution in [0.3, 0.4) is 0 Å². The zero-order valence-corrected chi connectivity index (χ0v) is 23.9. The highest BCUT2D eigenvalue weighted by atomic mass is 32.2. The number of aromatic carboxylic acids is 1. The predicted molar refractivity (Wildman–Crippen MR) is 157 cm³/mol. The Hall–Kier alpha value is -3.89. The topological polar surface area (TPSA) is 131 Å². The summed E-state index contributed by atoms with van der Waals surface area (Å²) in [5.41, 5.74) is 1.07. The molecule has 3 aromatic rings. The summed E-state index contributed by atoms with van der Waals surface area (Å²) in [7, 11) is -3.17. The van der Waals surface area contributed by atoms with Crippen molar-refractivity contribution < 1.29 is 32.6 Å². The molecule has 4 rings (SSSR count). The van der Waals surface area contributed by atoms with E-state index < -0.39 is 16.0 Å².